The highest BCUT2D eigenvalue weighted by Crippen LogP contribution is 2.26. The lowest BCUT2D eigenvalue weighted by Crippen LogP contribution is -2.41. The van der Waals surface area contributed by atoms with E-state index in [1.807, 2.05) is 0 Å². The average Bonchev–Trinajstić information content (AvgIpc) is 3.15. The van der Waals surface area contributed by atoms with Gasteiger partial charge < -0.3 is 11.2 Å². The summed E-state index contributed by atoms with van der Waals surface area (Å²) in [5.74, 6) is 7.14. The molecule has 3 N–H and O–H groups in total. The van der Waals surface area contributed by atoms with Crippen LogP contribution in [-0.2, 0) is 14.8 Å². The van der Waals surface area contributed by atoms with Crippen LogP contribution < -0.4 is 11.2 Å². The van der Waals surface area contributed by atoms with E-state index < -0.39 is 10.0 Å². The first-order valence-corrected chi connectivity index (χ1v) is 13.4. The van der Waals surface area contributed by atoms with Crippen LogP contribution >= 0.6 is 11.8 Å². The first kappa shape index (κ1) is 24.5. The quantitative estimate of drug-likeness (QED) is 0.417. The van der Waals surface area contributed by atoms with Crippen LogP contribution in [0.3, 0.4) is 0 Å². The van der Waals surface area contributed by atoms with Gasteiger partial charge in [0.15, 0.2) is 5.82 Å². The predicted molar refractivity (Wildman–Crippen MR) is 126 cm³/mol. The van der Waals surface area contributed by atoms with Crippen molar-refractivity contribution in [2.24, 2.45) is 5.92 Å². The molecule has 0 radical (unpaired) electrons. The maximum atomic E-state index is 12.8. The number of aromatic nitrogens is 3. The van der Waals surface area contributed by atoms with E-state index in [1.165, 1.54) is 27.2 Å². The number of nitrogens with one attached hydrogen (secondary N) is 1. The summed E-state index contributed by atoms with van der Waals surface area (Å²) in [6.07, 6.45) is 4.52. The minimum Gasteiger partial charge on any atom is -0.352 e. The molecule has 1 amide bonds. The van der Waals surface area contributed by atoms with Gasteiger partial charge in [0.05, 0.1) is 10.6 Å². The summed E-state index contributed by atoms with van der Waals surface area (Å²) in [5.41, 5.74) is 0.542. The molecule has 1 fully saturated rings. The zero-order chi connectivity index (χ0) is 23.3. The molecular formula is C21H32N6O3S2. The molecule has 0 unspecified atom stereocenters. The molecular weight excluding hydrogens is 448 g/mol. The first-order valence-electron chi connectivity index (χ1n) is 11.0. The molecule has 0 aliphatic heterocycles. The van der Waals surface area contributed by atoms with E-state index in [1.54, 1.807) is 38.1 Å². The lowest BCUT2D eigenvalue weighted by molar-refractivity contribution is -0.119. The first-order chi connectivity index (χ1) is 15.3. The molecule has 3 rings (SSSR count). The summed E-state index contributed by atoms with van der Waals surface area (Å²) in [6.45, 7) is 6.55. The topological polar surface area (TPSA) is 123 Å². The number of thioether (sulfide) groups is 1. The molecule has 9 nitrogen and oxygen atoms in total. The molecule has 0 spiro atoms. The molecule has 32 heavy (non-hydrogen) atoms. The number of nitrogen functional groups attached to an aromatic ring is 1. The van der Waals surface area contributed by atoms with Crippen molar-refractivity contribution in [1.82, 2.24) is 24.5 Å². The lowest BCUT2D eigenvalue weighted by Gasteiger charge is -2.29. The van der Waals surface area contributed by atoms with E-state index >= 15 is 0 Å². The van der Waals surface area contributed by atoms with E-state index in [0.29, 0.717) is 35.6 Å². The summed E-state index contributed by atoms with van der Waals surface area (Å²) in [6, 6.07) is 6.72. The highest BCUT2D eigenvalue weighted by molar-refractivity contribution is 7.99. The second kappa shape index (κ2) is 10.7. The molecule has 1 aliphatic rings. The molecule has 0 saturated heterocycles. The second-order valence-corrected chi connectivity index (χ2v) is 10.9. The van der Waals surface area contributed by atoms with Gasteiger partial charge in [-0.15, -0.1) is 10.2 Å². The molecule has 1 aliphatic carbocycles. The Kier molecular flexibility index (Phi) is 8.18. The van der Waals surface area contributed by atoms with Crippen LogP contribution in [0.1, 0.15) is 46.5 Å². The Morgan fingerprint density at radius 1 is 1.25 bits per heavy atom. The Balaban J connectivity index is 1.70. The van der Waals surface area contributed by atoms with Crippen LogP contribution in [-0.4, -0.2) is 58.4 Å². The van der Waals surface area contributed by atoms with Crippen molar-refractivity contribution in [3.63, 3.8) is 0 Å². The van der Waals surface area contributed by atoms with Crippen LogP contribution in [0.4, 0.5) is 0 Å². The number of amides is 1. The third kappa shape index (κ3) is 5.44. The van der Waals surface area contributed by atoms with Crippen LogP contribution in [0.25, 0.3) is 11.4 Å². The third-order valence-corrected chi connectivity index (χ3v) is 8.88. The number of hydrogen-bond acceptors (Lipinski definition) is 7. The van der Waals surface area contributed by atoms with Gasteiger partial charge in [-0.05, 0) is 30.9 Å². The number of benzene rings is 1. The van der Waals surface area contributed by atoms with E-state index in [-0.39, 0.29) is 22.6 Å². The monoisotopic (exact) mass is 480 g/mol. The number of hydrogen-bond donors (Lipinski definition) is 2. The van der Waals surface area contributed by atoms with Crippen LogP contribution in [0.5, 0.6) is 0 Å². The molecule has 2 aromatic rings. The summed E-state index contributed by atoms with van der Waals surface area (Å²) < 4.78 is 28.4. The Morgan fingerprint density at radius 2 is 1.97 bits per heavy atom. The van der Waals surface area contributed by atoms with E-state index in [4.69, 9.17) is 5.84 Å². The normalized spacial score (nSPS) is 19.2. The van der Waals surface area contributed by atoms with Crippen molar-refractivity contribution in [2.75, 3.05) is 24.7 Å². The maximum absolute atomic E-state index is 12.8. The third-order valence-electron chi connectivity index (χ3n) is 5.89. The van der Waals surface area contributed by atoms with Gasteiger partial charge in [-0.2, -0.15) is 4.31 Å². The highest BCUT2D eigenvalue weighted by atomic mass is 32.2. The number of nitrogens with zero attached hydrogens (tertiary/aromatic N) is 4. The molecule has 1 heterocycles. The number of carbonyl (C=O) groups is 1. The minimum atomic E-state index is -3.60. The SMILES string of the molecule is CCN(CC)S(=O)(=O)c1cccc(-c2nnc(SCC(=O)N[C@H]3CCCC[C@@H]3C)n2N)c1. The number of nitrogens with two attached hydrogens (primary N) is 1. The van der Waals surface area contributed by atoms with E-state index in [0.717, 1.165) is 19.3 Å². The molecule has 0 bridgehead atoms. The Morgan fingerprint density at radius 3 is 2.66 bits per heavy atom. The van der Waals surface area contributed by atoms with Crippen molar-refractivity contribution in [1.29, 1.82) is 0 Å². The molecule has 176 valence electrons. The summed E-state index contributed by atoms with van der Waals surface area (Å²) in [4.78, 5) is 12.6. The fourth-order valence-corrected chi connectivity index (χ4v) is 6.16. The second-order valence-electron chi connectivity index (χ2n) is 8.02. The van der Waals surface area contributed by atoms with Gasteiger partial charge in [0.25, 0.3) is 0 Å². The standard InChI is InChI=1S/C21H32N6O3S2/c1-4-26(5-2)32(29,30)17-11-8-10-16(13-17)20-24-25-21(27(20)22)31-14-19(28)23-18-12-7-6-9-15(18)3/h8,10-11,13,15,18H,4-7,9,12,14,22H2,1-3H3,(H,23,28)/t15-,18-/m0/s1. The number of carbonyl (C=O) groups excluding carboxylic acids is 1. The van der Waals surface area contributed by atoms with Gasteiger partial charge in [-0.1, -0.05) is 57.5 Å². The van der Waals surface area contributed by atoms with Crippen molar-refractivity contribution < 1.29 is 13.2 Å². The van der Waals surface area contributed by atoms with Gasteiger partial charge in [0, 0.05) is 24.7 Å². The molecule has 1 aromatic carbocycles. The Labute approximate surface area is 194 Å². The van der Waals surface area contributed by atoms with Crippen molar-refractivity contribution in [3.05, 3.63) is 24.3 Å². The minimum absolute atomic E-state index is 0.0504. The van der Waals surface area contributed by atoms with Gasteiger partial charge in [-0.25, -0.2) is 13.1 Å². The number of rotatable bonds is 9. The van der Waals surface area contributed by atoms with Gasteiger partial charge in [0.2, 0.25) is 21.1 Å². The molecule has 11 heteroatoms. The average molecular weight is 481 g/mol. The maximum Gasteiger partial charge on any atom is 0.243 e. The van der Waals surface area contributed by atoms with Crippen LogP contribution in [0.15, 0.2) is 34.3 Å². The molecule has 1 aromatic heterocycles. The number of sulfonamides is 1. The van der Waals surface area contributed by atoms with E-state index in [9.17, 15) is 13.2 Å². The summed E-state index contributed by atoms with van der Waals surface area (Å²) >= 11 is 1.21. The molecule has 2 atom stereocenters. The Bertz CT molecular complexity index is 1040. The smallest absolute Gasteiger partial charge is 0.243 e. The summed E-state index contributed by atoms with van der Waals surface area (Å²) in [5, 5.41) is 11.7. The summed E-state index contributed by atoms with van der Waals surface area (Å²) in [7, 11) is -3.60. The van der Waals surface area contributed by atoms with Crippen molar-refractivity contribution >= 4 is 27.7 Å². The van der Waals surface area contributed by atoms with Gasteiger partial charge in [-0.3, -0.25) is 4.79 Å². The fourth-order valence-electron chi connectivity index (χ4n) is 3.99. The Hall–Kier alpha value is -2.11. The van der Waals surface area contributed by atoms with Crippen LogP contribution in [0, 0.1) is 5.92 Å². The highest BCUT2D eigenvalue weighted by Gasteiger charge is 2.24. The van der Waals surface area contributed by atoms with Crippen LogP contribution in [0.2, 0.25) is 0 Å². The zero-order valence-electron chi connectivity index (χ0n) is 18.8. The zero-order valence-corrected chi connectivity index (χ0v) is 20.5. The van der Waals surface area contributed by atoms with E-state index in [2.05, 4.69) is 22.4 Å². The van der Waals surface area contributed by atoms with Crippen molar-refractivity contribution in [2.45, 2.75) is 62.5 Å². The van der Waals surface area contributed by atoms with Gasteiger partial charge >= 0.3 is 0 Å². The fraction of sp³-hybridized carbons (Fsp3) is 0.571. The van der Waals surface area contributed by atoms with Crippen molar-refractivity contribution in [3.8, 4) is 11.4 Å². The van der Waals surface area contributed by atoms with Gasteiger partial charge in [0.1, 0.15) is 0 Å². The largest absolute Gasteiger partial charge is 0.352 e. The predicted octanol–water partition coefficient (Wildman–Crippen LogP) is 2.48. The lowest BCUT2D eigenvalue weighted by atomic mass is 9.86. The molecule has 1 saturated carbocycles.